The van der Waals surface area contributed by atoms with Gasteiger partial charge in [0.1, 0.15) is 29.0 Å². The van der Waals surface area contributed by atoms with Gasteiger partial charge in [-0.3, -0.25) is 0 Å². The van der Waals surface area contributed by atoms with Crippen molar-refractivity contribution in [2.24, 2.45) is 0 Å². The van der Waals surface area contributed by atoms with Crippen molar-refractivity contribution >= 4 is 5.97 Å². The maximum atomic E-state index is 13.6. The summed E-state index contributed by atoms with van der Waals surface area (Å²) in [6.07, 6.45) is 6.05. The number of nitriles is 1. The number of carbonyl (C=O) groups is 1. The normalized spacial score (nSPS) is 14.8. The molecule has 5 heteroatoms. The molecule has 128 valence electrons. The molecule has 0 bridgehead atoms. The predicted molar refractivity (Wildman–Crippen MR) is 88.3 cm³/mol. The van der Waals surface area contributed by atoms with E-state index in [0.717, 1.165) is 25.0 Å². The van der Waals surface area contributed by atoms with Gasteiger partial charge in [-0.05, 0) is 36.5 Å². The molecule has 1 fully saturated rings. The number of nitrogens with zero attached hydrogens (tertiary/aromatic N) is 1. The van der Waals surface area contributed by atoms with E-state index in [1.807, 2.05) is 12.1 Å². The van der Waals surface area contributed by atoms with Crippen LogP contribution in [0.4, 0.5) is 8.78 Å². The van der Waals surface area contributed by atoms with Crippen molar-refractivity contribution < 1.29 is 18.3 Å². The molecule has 0 spiro atoms. The van der Waals surface area contributed by atoms with Crippen molar-refractivity contribution in [2.45, 2.75) is 38.0 Å². The van der Waals surface area contributed by atoms with E-state index < -0.39 is 23.2 Å². The van der Waals surface area contributed by atoms with Crippen LogP contribution in [0.3, 0.4) is 0 Å². The Balaban J connectivity index is 1.72. The lowest BCUT2D eigenvalue weighted by molar-refractivity contribution is 0.0734. The van der Waals surface area contributed by atoms with E-state index in [4.69, 9.17) is 10.00 Å². The summed E-state index contributed by atoms with van der Waals surface area (Å²) in [5.74, 6) is -2.55. The third-order valence-corrected chi connectivity index (χ3v) is 4.56. The average molecular weight is 341 g/mol. The van der Waals surface area contributed by atoms with Gasteiger partial charge in [-0.2, -0.15) is 5.26 Å². The smallest absolute Gasteiger partial charge is 0.343 e. The van der Waals surface area contributed by atoms with Crippen LogP contribution in [-0.2, 0) is 0 Å². The summed E-state index contributed by atoms with van der Waals surface area (Å²) in [7, 11) is 0. The molecule has 0 atom stereocenters. The van der Waals surface area contributed by atoms with Gasteiger partial charge in [0.05, 0.1) is 5.56 Å². The van der Waals surface area contributed by atoms with Crippen LogP contribution in [0.15, 0.2) is 36.4 Å². The monoisotopic (exact) mass is 341 g/mol. The van der Waals surface area contributed by atoms with Crippen molar-refractivity contribution in [3.63, 3.8) is 0 Å². The van der Waals surface area contributed by atoms with Gasteiger partial charge < -0.3 is 4.74 Å². The van der Waals surface area contributed by atoms with E-state index in [0.29, 0.717) is 11.5 Å². The van der Waals surface area contributed by atoms with E-state index in [2.05, 4.69) is 0 Å². The van der Waals surface area contributed by atoms with Gasteiger partial charge in [-0.25, -0.2) is 13.6 Å². The molecule has 1 aliphatic carbocycles. The van der Waals surface area contributed by atoms with E-state index in [1.165, 1.54) is 30.9 Å². The molecule has 3 rings (SSSR count). The molecule has 0 N–H and O–H groups in total. The van der Waals surface area contributed by atoms with Crippen LogP contribution >= 0.6 is 0 Å². The molecule has 1 aliphatic rings. The fourth-order valence-corrected chi connectivity index (χ4v) is 3.21. The number of carbonyl (C=O) groups excluding carboxylic acids is 1. The molecular formula is C20H17F2NO2. The molecule has 3 nitrogen and oxygen atoms in total. The topological polar surface area (TPSA) is 50.1 Å². The van der Waals surface area contributed by atoms with E-state index >= 15 is 0 Å². The molecule has 25 heavy (non-hydrogen) atoms. The van der Waals surface area contributed by atoms with Crippen molar-refractivity contribution in [1.82, 2.24) is 0 Å². The van der Waals surface area contributed by atoms with Gasteiger partial charge >= 0.3 is 5.97 Å². The Morgan fingerprint density at radius 2 is 1.64 bits per heavy atom. The highest BCUT2D eigenvalue weighted by Gasteiger charge is 2.17. The summed E-state index contributed by atoms with van der Waals surface area (Å²) in [6.45, 7) is 0. The predicted octanol–water partition coefficient (Wildman–Crippen LogP) is 5.10. The maximum absolute atomic E-state index is 13.6. The largest absolute Gasteiger partial charge is 0.423 e. The van der Waals surface area contributed by atoms with Crippen molar-refractivity contribution in [3.05, 3.63) is 64.7 Å². The molecule has 0 aromatic heterocycles. The first kappa shape index (κ1) is 17.1. The summed E-state index contributed by atoms with van der Waals surface area (Å²) in [6, 6.07) is 10.2. The van der Waals surface area contributed by atoms with Crippen molar-refractivity contribution in [2.75, 3.05) is 0 Å². The maximum Gasteiger partial charge on any atom is 0.343 e. The fourth-order valence-electron chi connectivity index (χ4n) is 3.21. The molecule has 2 aromatic rings. The summed E-state index contributed by atoms with van der Waals surface area (Å²) < 4.78 is 32.2. The SMILES string of the molecule is N#Cc1c(F)cc(OC(=O)c2ccc(C3CCCCC3)cc2)cc1F. The molecule has 1 saturated carbocycles. The van der Waals surface area contributed by atoms with Crippen LogP contribution in [0, 0.1) is 23.0 Å². The number of hydrogen-bond donors (Lipinski definition) is 0. The van der Waals surface area contributed by atoms with Gasteiger partial charge in [-0.15, -0.1) is 0 Å². The van der Waals surface area contributed by atoms with Crippen LogP contribution < -0.4 is 4.74 Å². The van der Waals surface area contributed by atoms with Gasteiger partial charge in [-0.1, -0.05) is 31.4 Å². The minimum Gasteiger partial charge on any atom is -0.423 e. The minimum absolute atomic E-state index is 0.268. The Labute approximate surface area is 144 Å². The Morgan fingerprint density at radius 3 is 2.20 bits per heavy atom. The second-order valence-electron chi connectivity index (χ2n) is 6.22. The van der Waals surface area contributed by atoms with E-state index in [9.17, 15) is 13.6 Å². The van der Waals surface area contributed by atoms with Crippen molar-refractivity contribution in [1.29, 1.82) is 5.26 Å². The standard InChI is InChI=1S/C20H17F2NO2/c21-18-10-16(11-19(22)17(18)12-23)25-20(24)15-8-6-14(7-9-15)13-4-2-1-3-5-13/h6-11,13H,1-5H2. The number of halogens is 2. The first-order valence-corrected chi connectivity index (χ1v) is 8.30. The van der Waals surface area contributed by atoms with Crippen LogP contribution in [0.5, 0.6) is 5.75 Å². The second kappa shape index (κ2) is 7.43. The lowest BCUT2D eigenvalue weighted by Gasteiger charge is -2.21. The summed E-state index contributed by atoms with van der Waals surface area (Å²) in [5, 5.41) is 8.65. The lowest BCUT2D eigenvalue weighted by atomic mass is 9.84. The molecule has 2 aromatic carbocycles. The zero-order valence-corrected chi connectivity index (χ0v) is 13.6. The Bertz CT molecular complexity index is 796. The second-order valence-corrected chi connectivity index (χ2v) is 6.22. The number of benzene rings is 2. The zero-order chi connectivity index (χ0) is 17.8. The summed E-state index contributed by atoms with van der Waals surface area (Å²) >= 11 is 0. The quantitative estimate of drug-likeness (QED) is 0.576. The van der Waals surface area contributed by atoms with Crippen LogP contribution in [0.1, 0.15) is 59.5 Å². The average Bonchev–Trinajstić information content (AvgIpc) is 2.62. The fraction of sp³-hybridized carbons (Fsp3) is 0.300. The van der Waals surface area contributed by atoms with Crippen LogP contribution in [0.2, 0.25) is 0 Å². The third kappa shape index (κ3) is 3.85. The van der Waals surface area contributed by atoms with Gasteiger partial charge in [0.2, 0.25) is 0 Å². The first-order valence-electron chi connectivity index (χ1n) is 8.30. The van der Waals surface area contributed by atoms with Gasteiger partial charge in [0, 0.05) is 12.1 Å². The van der Waals surface area contributed by atoms with Crippen LogP contribution in [-0.4, -0.2) is 5.97 Å². The molecule has 0 aliphatic heterocycles. The highest BCUT2D eigenvalue weighted by Crippen LogP contribution is 2.32. The number of hydrogen-bond acceptors (Lipinski definition) is 3. The number of ether oxygens (including phenoxy) is 1. The molecule has 0 radical (unpaired) electrons. The third-order valence-electron chi connectivity index (χ3n) is 4.56. The lowest BCUT2D eigenvalue weighted by Crippen LogP contribution is -2.10. The summed E-state index contributed by atoms with van der Waals surface area (Å²) in [5.41, 5.74) is 0.813. The number of rotatable bonds is 3. The number of esters is 1. The molecule has 0 unspecified atom stereocenters. The molecule has 0 amide bonds. The van der Waals surface area contributed by atoms with Gasteiger partial charge in [0.15, 0.2) is 0 Å². The van der Waals surface area contributed by atoms with E-state index in [-0.39, 0.29) is 5.75 Å². The Morgan fingerprint density at radius 1 is 1.04 bits per heavy atom. The molecular weight excluding hydrogens is 324 g/mol. The molecule has 0 saturated heterocycles. The van der Waals surface area contributed by atoms with E-state index in [1.54, 1.807) is 12.1 Å². The van der Waals surface area contributed by atoms with Gasteiger partial charge in [0.25, 0.3) is 0 Å². The molecule has 0 heterocycles. The first-order chi connectivity index (χ1) is 12.1. The summed E-state index contributed by atoms with van der Waals surface area (Å²) in [4.78, 5) is 12.1. The van der Waals surface area contributed by atoms with Crippen molar-refractivity contribution in [3.8, 4) is 11.8 Å². The highest BCUT2D eigenvalue weighted by atomic mass is 19.1. The zero-order valence-electron chi connectivity index (χ0n) is 13.6. The Hall–Kier alpha value is -2.74. The minimum atomic E-state index is -1.06. The Kier molecular flexibility index (Phi) is 5.08. The highest BCUT2D eigenvalue weighted by molar-refractivity contribution is 5.91. The van der Waals surface area contributed by atoms with Crippen LogP contribution in [0.25, 0.3) is 0 Å².